The van der Waals surface area contributed by atoms with Crippen molar-refractivity contribution in [3.63, 3.8) is 0 Å². The van der Waals surface area contributed by atoms with Crippen LogP contribution < -0.4 is 10.5 Å². The lowest BCUT2D eigenvalue weighted by atomic mass is 10.1. The predicted molar refractivity (Wildman–Crippen MR) is 65.2 cm³/mol. The van der Waals surface area contributed by atoms with Gasteiger partial charge in [0.25, 0.3) is 5.88 Å². The van der Waals surface area contributed by atoms with Gasteiger partial charge in [0.1, 0.15) is 12.4 Å². The van der Waals surface area contributed by atoms with Crippen LogP contribution in [0, 0.1) is 10.1 Å². The molecular weight excluding hydrogens is 236 g/mol. The Bertz CT molecular complexity index is 430. The summed E-state index contributed by atoms with van der Waals surface area (Å²) in [6, 6.07) is 0. The normalized spacial score (nSPS) is 17.1. The number of nitrogens with zero attached hydrogens (tertiary/aromatic N) is 3. The molecule has 0 saturated heterocycles. The lowest BCUT2D eigenvalue weighted by Crippen LogP contribution is -2.17. The van der Waals surface area contributed by atoms with Crippen LogP contribution in [0.15, 0.2) is 6.33 Å². The molecule has 98 valence electrons. The van der Waals surface area contributed by atoms with Crippen LogP contribution in [0.5, 0.6) is 5.88 Å². The van der Waals surface area contributed by atoms with Gasteiger partial charge in [-0.2, -0.15) is 4.98 Å². The molecule has 1 fully saturated rings. The first-order chi connectivity index (χ1) is 8.68. The molecule has 1 aromatic heterocycles. The van der Waals surface area contributed by atoms with Crippen molar-refractivity contribution in [2.45, 2.75) is 44.6 Å². The second-order valence-electron chi connectivity index (χ2n) is 4.40. The molecule has 18 heavy (non-hydrogen) atoms. The van der Waals surface area contributed by atoms with Gasteiger partial charge in [-0.25, -0.2) is 4.98 Å². The SMILES string of the molecule is Nc1ncnc(OC2CCCCCC2)c1[N+](=O)[O-]. The zero-order chi connectivity index (χ0) is 13.0. The Morgan fingerprint density at radius 1 is 1.28 bits per heavy atom. The van der Waals surface area contributed by atoms with Gasteiger partial charge in [-0.3, -0.25) is 10.1 Å². The maximum atomic E-state index is 10.9. The van der Waals surface area contributed by atoms with Crippen LogP contribution in [-0.4, -0.2) is 21.0 Å². The average Bonchev–Trinajstić information content (AvgIpc) is 2.57. The standard InChI is InChI=1S/C11H16N4O3/c12-10-9(15(16)17)11(14-7-13-10)18-8-5-3-1-2-4-6-8/h7-8H,1-6H2,(H2,12,13,14). The van der Waals surface area contributed by atoms with Gasteiger partial charge < -0.3 is 10.5 Å². The number of hydrogen-bond donors (Lipinski definition) is 1. The number of anilines is 1. The Balaban J connectivity index is 2.17. The van der Waals surface area contributed by atoms with Crippen LogP contribution in [-0.2, 0) is 0 Å². The van der Waals surface area contributed by atoms with Gasteiger partial charge in [-0.15, -0.1) is 0 Å². The Labute approximate surface area is 105 Å². The molecule has 0 aliphatic heterocycles. The zero-order valence-electron chi connectivity index (χ0n) is 10.0. The van der Waals surface area contributed by atoms with E-state index < -0.39 is 4.92 Å². The third-order valence-electron chi connectivity index (χ3n) is 3.08. The molecule has 0 atom stereocenters. The molecule has 7 heteroatoms. The molecule has 1 heterocycles. The highest BCUT2D eigenvalue weighted by molar-refractivity contribution is 5.57. The largest absolute Gasteiger partial charge is 0.469 e. The molecule has 7 nitrogen and oxygen atoms in total. The van der Waals surface area contributed by atoms with E-state index in [9.17, 15) is 10.1 Å². The van der Waals surface area contributed by atoms with Crippen molar-refractivity contribution in [3.05, 3.63) is 16.4 Å². The average molecular weight is 252 g/mol. The van der Waals surface area contributed by atoms with Gasteiger partial charge in [-0.1, -0.05) is 12.8 Å². The topological polar surface area (TPSA) is 104 Å². The minimum atomic E-state index is -0.596. The van der Waals surface area contributed by atoms with E-state index in [0.717, 1.165) is 25.7 Å². The molecule has 1 aliphatic carbocycles. The Morgan fingerprint density at radius 3 is 2.56 bits per heavy atom. The summed E-state index contributed by atoms with van der Waals surface area (Å²) >= 11 is 0. The molecule has 0 amide bonds. The van der Waals surface area contributed by atoms with E-state index in [1.54, 1.807) is 0 Å². The van der Waals surface area contributed by atoms with Gasteiger partial charge in [0.15, 0.2) is 0 Å². The summed E-state index contributed by atoms with van der Waals surface area (Å²) in [5, 5.41) is 10.9. The number of aromatic nitrogens is 2. The van der Waals surface area contributed by atoms with Crippen LogP contribution in [0.1, 0.15) is 38.5 Å². The Kier molecular flexibility index (Phi) is 3.91. The molecule has 2 N–H and O–H groups in total. The van der Waals surface area contributed by atoms with Crippen molar-refractivity contribution in [2.75, 3.05) is 5.73 Å². The summed E-state index contributed by atoms with van der Waals surface area (Å²) in [6.07, 6.45) is 7.52. The summed E-state index contributed by atoms with van der Waals surface area (Å²) in [5.41, 5.74) is 5.15. The fourth-order valence-corrected chi connectivity index (χ4v) is 2.15. The van der Waals surface area contributed by atoms with E-state index in [1.165, 1.54) is 19.2 Å². The maximum absolute atomic E-state index is 10.9. The number of rotatable bonds is 3. The number of ether oxygens (including phenoxy) is 1. The monoisotopic (exact) mass is 252 g/mol. The predicted octanol–water partition coefficient (Wildman–Crippen LogP) is 2.07. The molecule has 0 bridgehead atoms. The molecule has 0 radical (unpaired) electrons. The van der Waals surface area contributed by atoms with Crippen molar-refractivity contribution in [3.8, 4) is 5.88 Å². The van der Waals surface area contributed by atoms with Crippen LogP contribution in [0.25, 0.3) is 0 Å². The fourth-order valence-electron chi connectivity index (χ4n) is 2.15. The lowest BCUT2D eigenvalue weighted by molar-refractivity contribution is -0.385. The van der Waals surface area contributed by atoms with Gasteiger partial charge in [-0.05, 0) is 25.7 Å². The maximum Gasteiger partial charge on any atom is 0.372 e. The Morgan fingerprint density at radius 2 is 1.94 bits per heavy atom. The summed E-state index contributed by atoms with van der Waals surface area (Å²) in [5.74, 6) is -0.168. The molecule has 2 rings (SSSR count). The van der Waals surface area contributed by atoms with Gasteiger partial charge in [0.05, 0.1) is 4.92 Å². The van der Waals surface area contributed by atoms with E-state index in [-0.39, 0.29) is 23.5 Å². The number of nitrogen functional groups attached to an aromatic ring is 1. The molecular formula is C11H16N4O3. The highest BCUT2D eigenvalue weighted by Gasteiger charge is 2.25. The smallest absolute Gasteiger partial charge is 0.372 e. The molecule has 0 unspecified atom stereocenters. The minimum absolute atomic E-state index is 0.0134. The number of nitro groups is 1. The van der Waals surface area contributed by atoms with Crippen LogP contribution in [0.2, 0.25) is 0 Å². The first-order valence-corrected chi connectivity index (χ1v) is 6.10. The molecule has 1 aliphatic rings. The fraction of sp³-hybridized carbons (Fsp3) is 0.636. The first kappa shape index (κ1) is 12.5. The van der Waals surface area contributed by atoms with Gasteiger partial charge >= 0.3 is 5.69 Å². The van der Waals surface area contributed by atoms with Crippen LogP contribution >= 0.6 is 0 Å². The molecule has 0 aromatic carbocycles. The van der Waals surface area contributed by atoms with E-state index in [0.29, 0.717) is 0 Å². The quantitative estimate of drug-likeness (QED) is 0.501. The van der Waals surface area contributed by atoms with Crippen molar-refractivity contribution in [1.82, 2.24) is 9.97 Å². The van der Waals surface area contributed by atoms with Crippen molar-refractivity contribution < 1.29 is 9.66 Å². The first-order valence-electron chi connectivity index (χ1n) is 6.10. The van der Waals surface area contributed by atoms with Crippen LogP contribution in [0.3, 0.4) is 0 Å². The number of hydrogen-bond acceptors (Lipinski definition) is 6. The summed E-state index contributed by atoms with van der Waals surface area (Å²) < 4.78 is 5.64. The van der Waals surface area contributed by atoms with E-state index in [4.69, 9.17) is 10.5 Å². The van der Waals surface area contributed by atoms with E-state index in [1.807, 2.05) is 0 Å². The zero-order valence-corrected chi connectivity index (χ0v) is 10.0. The Hall–Kier alpha value is -1.92. The third kappa shape index (κ3) is 2.85. The minimum Gasteiger partial charge on any atom is -0.469 e. The molecule has 1 saturated carbocycles. The second kappa shape index (κ2) is 5.61. The van der Waals surface area contributed by atoms with Gasteiger partial charge in [0, 0.05) is 0 Å². The summed E-state index contributed by atoms with van der Waals surface area (Å²) in [6.45, 7) is 0. The molecule has 0 spiro atoms. The highest BCUT2D eigenvalue weighted by Crippen LogP contribution is 2.31. The lowest BCUT2D eigenvalue weighted by Gasteiger charge is -2.15. The molecule has 1 aromatic rings. The van der Waals surface area contributed by atoms with Crippen molar-refractivity contribution >= 4 is 11.5 Å². The van der Waals surface area contributed by atoms with Crippen LogP contribution in [0.4, 0.5) is 11.5 Å². The highest BCUT2D eigenvalue weighted by atomic mass is 16.6. The number of nitrogens with two attached hydrogens (primary N) is 1. The second-order valence-corrected chi connectivity index (χ2v) is 4.40. The summed E-state index contributed by atoms with van der Waals surface area (Å²) in [7, 11) is 0. The summed E-state index contributed by atoms with van der Waals surface area (Å²) in [4.78, 5) is 17.8. The van der Waals surface area contributed by atoms with Crippen molar-refractivity contribution in [1.29, 1.82) is 0 Å². The van der Waals surface area contributed by atoms with E-state index in [2.05, 4.69) is 9.97 Å². The van der Waals surface area contributed by atoms with Crippen molar-refractivity contribution in [2.24, 2.45) is 0 Å². The third-order valence-corrected chi connectivity index (χ3v) is 3.08. The van der Waals surface area contributed by atoms with E-state index >= 15 is 0 Å². The van der Waals surface area contributed by atoms with Gasteiger partial charge in [0.2, 0.25) is 5.82 Å².